The van der Waals surface area contributed by atoms with Crippen LogP contribution in [0.1, 0.15) is 18.2 Å². The van der Waals surface area contributed by atoms with E-state index < -0.39 is 0 Å². The fourth-order valence-electron chi connectivity index (χ4n) is 1.79. The lowest BCUT2D eigenvalue weighted by molar-refractivity contribution is 0.341. The maximum atomic E-state index is 8.90. The molecule has 0 saturated heterocycles. The van der Waals surface area contributed by atoms with Crippen LogP contribution in [-0.2, 0) is 0 Å². The van der Waals surface area contributed by atoms with Gasteiger partial charge in [-0.25, -0.2) is 0 Å². The van der Waals surface area contributed by atoms with Crippen LogP contribution in [0.3, 0.4) is 0 Å². The van der Waals surface area contributed by atoms with Crippen molar-refractivity contribution < 1.29 is 4.74 Å². The number of hydrogen-bond donors (Lipinski definition) is 0. The predicted octanol–water partition coefficient (Wildman–Crippen LogP) is 3.33. The van der Waals surface area contributed by atoms with Crippen molar-refractivity contribution in [1.29, 1.82) is 5.26 Å². The Morgan fingerprint density at radius 2 is 2.00 bits per heavy atom. The topological polar surface area (TPSA) is 45.9 Å². The lowest BCUT2D eigenvalue weighted by Crippen LogP contribution is -1.96. The Balaban J connectivity index is 2.49. The highest BCUT2D eigenvalue weighted by Crippen LogP contribution is 2.28. The molecule has 2 rings (SSSR count). The van der Waals surface area contributed by atoms with Gasteiger partial charge in [0.25, 0.3) is 0 Å². The summed E-state index contributed by atoms with van der Waals surface area (Å²) in [5.74, 6) is 0.816. The van der Waals surface area contributed by atoms with Crippen molar-refractivity contribution >= 4 is 0 Å². The molecule has 1 aromatic heterocycles. The lowest BCUT2D eigenvalue weighted by Gasteiger charge is -2.10. The summed E-state index contributed by atoms with van der Waals surface area (Å²) in [4.78, 5) is 4.45. The smallest absolute Gasteiger partial charge is 0.128 e. The number of rotatable bonds is 3. The van der Waals surface area contributed by atoms with E-state index in [2.05, 4.69) is 11.1 Å². The zero-order chi connectivity index (χ0) is 13.0. The van der Waals surface area contributed by atoms with E-state index in [1.165, 1.54) is 0 Å². The fraction of sp³-hybridized carbons (Fsp3) is 0.200. The van der Waals surface area contributed by atoms with Gasteiger partial charge in [-0.15, -0.1) is 0 Å². The van der Waals surface area contributed by atoms with E-state index in [0.717, 1.165) is 22.7 Å². The fourth-order valence-corrected chi connectivity index (χ4v) is 1.79. The molecule has 0 aliphatic carbocycles. The monoisotopic (exact) mass is 238 g/mol. The van der Waals surface area contributed by atoms with Crippen LogP contribution >= 0.6 is 0 Å². The molecule has 0 spiro atoms. The van der Waals surface area contributed by atoms with Gasteiger partial charge < -0.3 is 4.74 Å². The standard InChI is InChI=1S/C15H14N2O/c1-3-18-15-7-5-4-6-13(15)14-9-8-12(10-16)11(2)17-14/h4-9H,3H2,1-2H3. The highest BCUT2D eigenvalue weighted by molar-refractivity contribution is 5.67. The van der Waals surface area contributed by atoms with E-state index in [1.807, 2.05) is 44.2 Å². The number of nitrogens with zero attached hydrogens (tertiary/aromatic N) is 2. The molecule has 2 aromatic rings. The minimum Gasteiger partial charge on any atom is -0.493 e. The van der Waals surface area contributed by atoms with Crippen LogP contribution in [0.4, 0.5) is 0 Å². The van der Waals surface area contributed by atoms with Gasteiger partial charge in [0.2, 0.25) is 0 Å². The summed E-state index contributed by atoms with van der Waals surface area (Å²) in [7, 11) is 0. The summed E-state index contributed by atoms with van der Waals surface area (Å²) >= 11 is 0. The Labute approximate surface area is 107 Å². The molecule has 0 aliphatic rings. The van der Waals surface area contributed by atoms with E-state index in [4.69, 9.17) is 10.00 Å². The number of pyridine rings is 1. The molecule has 0 radical (unpaired) electrons. The molecular weight excluding hydrogens is 224 g/mol. The molecule has 0 unspecified atom stereocenters. The third-order valence-corrected chi connectivity index (χ3v) is 2.67. The second-order valence-electron chi connectivity index (χ2n) is 3.87. The molecule has 0 aliphatic heterocycles. The molecule has 90 valence electrons. The molecule has 18 heavy (non-hydrogen) atoms. The number of aromatic nitrogens is 1. The first-order valence-corrected chi connectivity index (χ1v) is 5.86. The van der Waals surface area contributed by atoms with Crippen LogP contribution in [0.15, 0.2) is 36.4 Å². The van der Waals surface area contributed by atoms with Crippen LogP contribution in [0.25, 0.3) is 11.3 Å². The van der Waals surface area contributed by atoms with E-state index >= 15 is 0 Å². The minimum atomic E-state index is 0.604. The molecule has 0 amide bonds. The molecular formula is C15H14N2O. The number of para-hydroxylation sites is 1. The average molecular weight is 238 g/mol. The first-order chi connectivity index (χ1) is 8.76. The summed E-state index contributed by atoms with van der Waals surface area (Å²) in [6.45, 7) is 4.41. The Bertz CT molecular complexity index is 600. The second-order valence-corrected chi connectivity index (χ2v) is 3.87. The summed E-state index contributed by atoms with van der Waals surface area (Å²) < 4.78 is 5.58. The number of nitriles is 1. The van der Waals surface area contributed by atoms with Gasteiger partial charge in [-0.1, -0.05) is 12.1 Å². The average Bonchev–Trinajstić information content (AvgIpc) is 2.40. The largest absolute Gasteiger partial charge is 0.493 e. The van der Waals surface area contributed by atoms with Crippen molar-refractivity contribution in [2.75, 3.05) is 6.61 Å². The number of aryl methyl sites for hydroxylation is 1. The van der Waals surface area contributed by atoms with Crippen molar-refractivity contribution in [2.24, 2.45) is 0 Å². The summed E-state index contributed by atoms with van der Waals surface area (Å²) in [6, 6.07) is 13.5. The van der Waals surface area contributed by atoms with Crippen molar-refractivity contribution in [3.63, 3.8) is 0 Å². The van der Waals surface area contributed by atoms with E-state index in [9.17, 15) is 0 Å². The Morgan fingerprint density at radius 3 is 2.67 bits per heavy atom. The highest BCUT2D eigenvalue weighted by atomic mass is 16.5. The van der Waals surface area contributed by atoms with Gasteiger partial charge in [0.15, 0.2) is 0 Å². The maximum Gasteiger partial charge on any atom is 0.128 e. The van der Waals surface area contributed by atoms with Gasteiger partial charge in [-0.05, 0) is 38.1 Å². The van der Waals surface area contributed by atoms with Crippen molar-refractivity contribution in [1.82, 2.24) is 4.98 Å². The normalized spacial score (nSPS) is 9.83. The zero-order valence-electron chi connectivity index (χ0n) is 10.5. The minimum absolute atomic E-state index is 0.604. The number of benzene rings is 1. The van der Waals surface area contributed by atoms with Gasteiger partial charge in [0, 0.05) is 5.56 Å². The third kappa shape index (κ3) is 2.33. The number of ether oxygens (including phenoxy) is 1. The summed E-state index contributed by atoms with van der Waals surface area (Å²) in [5.41, 5.74) is 3.12. The second kappa shape index (κ2) is 5.33. The Kier molecular flexibility index (Phi) is 3.59. The van der Waals surface area contributed by atoms with Gasteiger partial charge in [-0.3, -0.25) is 4.98 Å². The lowest BCUT2D eigenvalue weighted by atomic mass is 10.1. The third-order valence-electron chi connectivity index (χ3n) is 2.67. The first kappa shape index (κ1) is 12.1. The molecule has 0 atom stereocenters. The predicted molar refractivity (Wildman–Crippen MR) is 70.3 cm³/mol. The molecule has 3 heteroatoms. The summed E-state index contributed by atoms with van der Waals surface area (Å²) in [6.07, 6.45) is 0. The van der Waals surface area contributed by atoms with Crippen molar-refractivity contribution in [2.45, 2.75) is 13.8 Å². The van der Waals surface area contributed by atoms with Crippen LogP contribution < -0.4 is 4.74 Å². The van der Waals surface area contributed by atoms with Crippen LogP contribution in [0.5, 0.6) is 5.75 Å². The molecule has 1 heterocycles. The van der Waals surface area contributed by atoms with Gasteiger partial charge >= 0.3 is 0 Å². The molecule has 3 nitrogen and oxygen atoms in total. The van der Waals surface area contributed by atoms with Gasteiger partial charge in [0.1, 0.15) is 11.8 Å². The molecule has 0 saturated carbocycles. The Morgan fingerprint density at radius 1 is 1.22 bits per heavy atom. The van der Waals surface area contributed by atoms with Crippen LogP contribution in [0, 0.1) is 18.3 Å². The molecule has 1 aromatic carbocycles. The molecule has 0 fully saturated rings. The van der Waals surface area contributed by atoms with E-state index in [0.29, 0.717) is 12.2 Å². The van der Waals surface area contributed by atoms with E-state index in [-0.39, 0.29) is 0 Å². The Hall–Kier alpha value is -2.34. The quantitative estimate of drug-likeness (QED) is 0.824. The van der Waals surface area contributed by atoms with E-state index in [1.54, 1.807) is 6.07 Å². The van der Waals surface area contributed by atoms with Gasteiger partial charge in [-0.2, -0.15) is 5.26 Å². The summed E-state index contributed by atoms with van der Waals surface area (Å²) in [5, 5.41) is 8.90. The van der Waals surface area contributed by atoms with Gasteiger partial charge in [0.05, 0.1) is 23.6 Å². The molecule has 0 bridgehead atoms. The zero-order valence-corrected chi connectivity index (χ0v) is 10.5. The number of hydrogen-bond acceptors (Lipinski definition) is 3. The first-order valence-electron chi connectivity index (χ1n) is 5.86. The van der Waals surface area contributed by atoms with Crippen LogP contribution in [0.2, 0.25) is 0 Å². The van der Waals surface area contributed by atoms with Crippen molar-refractivity contribution in [3.05, 3.63) is 47.7 Å². The maximum absolute atomic E-state index is 8.90. The van der Waals surface area contributed by atoms with Crippen molar-refractivity contribution in [3.8, 4) is 23.1 Å². The molecule has 0 N–H and O–H groups in total. The van der Waals surface area contributed by atoms with Crippen LogP contribution in [-0.4, -0.2) is 11.6 Å². The SMILES string of the molecule is CCOc1ccccc1-c1ccc(C#N)c(C)n1. The highest BCUT2D eigenvalue weighted by Gasteiger charge is 2.08.